The number of benzene rings is 8. The van der Waals surface area contributed by atoms with Gasteiger partial charge in [0.25, 0.3) is 0 Å². The van der Waals surface area contributed by atoms with E-state index in [2.05, 4.69) is 237 Å². The number of hydrogen-bond acceptors (Lipinski definition) is 2. The molecule has 0 unspecified atom stereocenters. The first kappa shape index (κ1) is 39.0. The number of para-hydroxylation sites is 4. The molecule has 2 heteroatoms. The highest BCUT2D eigenvalue weighted by atomic mass is 15.2. The molecule has 4 heterocycles. The summed E-state index contributed by atoms with van der Waals surface area (Å²) < 4.78 is 0. The second-order valence-electron chi connectivity index (χ2n) is 21.1. The Balaban J connectivity index is 0.952. The van der Waals surface area contributed by atoms with E-state index in [1.807, 2.05) is 0 Å². The first-order valence-corrected chi connectivity index (χ1v) is 23.2. The van der Waals surface area contributed by atoms with Gasteiger partial charge < -0.3 is 9.80 Å². The smallest absolute Gasteiger partial charge is 0.0544 e. The van der Waals surface area contributed by atoms with Gasteiger partial charge in [0.15, 0.2) is 0 Å². The van der Waals surface area contributed by atoms with E-state index in [4.69, 9.17) is 0 Å². The molecule has 64 heavy (non-hydrogen) atoms. The van der Waals surface area contributed by atoms with Crippen molar-refractivity contribution in [3.8, 4) is 33.4 Å². The number of fused-ring (bicyclic) bond motifs is 8. The van der Waals surface area contributed by atoms with Crippen LogP contribution in [0, 0.1) is 13.8 Å². The van der Waals surface area contributed by atoms with Crippen molar-refractivity contribution in [1.82, 2.24) is 0 Å². The average Bonchev–Trinajstić information content (AvgIpc) is 3.28. The molecule has 0 aliphatic carbocycles. The molecule has 0 aromatic heterocycles. The number of aryl methyl sites for hydroxylation is 2. The molecule has 8 aromatic carbocycles. The van der Waals surface area contributed by atoms with Crippen molar-refractivity contribution in [1.29, 1.82) is 0 Å². The maximum absolute atomic E-state index is 2.55. The van der Waals surface area contributed by atoms with Gasteiger partial charge in [-0.3, -0.25) is 0 Å². The molecule has 0 saturated heterocycles. The minimum Gasteiger partial charge on any atom is -0.309 e. The summed E-state index contributed by atoms with van der Waals surface area (Å²) in [5, 5.41) is 0. The summed E-state index contributed by atoms with van der Waals surface area (Å²) in [7, 11) is 0. The molecule has 0 bridgehead atoms. The van der Waals surface area contributed by atoms with Gasteiger partial charge in [-0.25, -0.2) is 0 Å². The van der Waals surface area contributed by atoms with E-state index in [-0.39, 0.29) is 21.7 Å². The van der Waals surface area contributed by atoms with Crippen molar-refractivity contribution in [2.45, 2.75) is 90.9 Å². The van der Waals surface area contributed by atoms with Gasteiger partial charge in [-0.1, -0.05) is 165 Å². The first-order valence-electron chi connectivity index (χ1n) is 23.2. The third kappa shape index (κ3) is 5.09. The van der Waals surface area contributed by atoms with Gasteiger partial charge in [0.1, 0.15) is 0 Å². The van der Waals surface area contributed by atoms with Crippen LogP contribution < -0.4 is 9.80 Å². The topological polar surface area (TPSA) is 6.48 Å². The fraction of sp³-hybridized carbons (Fsp3) is 0.226. The molecule has 0 spiro atoms. The quantitative estimate of drug-likeness (QED) is 0.175. The van der Waals surface area contributed by atoms with Crippen LogP contribution in [0.25, 0.3) is 33.4 Å². The Hall–Kier alpha value is -6.64. The van der Waals surface area contributed by atoms with E-state index in [1.165, 1.54) is 123 Å². The Labute approximate surface area is 379 Å². The van der Waals surface area contributed by atoms with E-state index in [0.29, 0.717) is 0 Å². The maximum Gasteiger partial charge on any atom is 0.0544 e. The number of anilines is 6. The fourth-order valence-corrected chi connectivity index (χ4v) is 12.5. The van der Waals surface area contributed by atoms with Gasteiger partial charge in [0, 0.05) is 21.7 Å². The van der Waals surface area contributed by atoms with Crippen molar-refractivity contribution in [3.05, 3.63) is 213 Å². The first-order chi connectivity index (χ1) is 30.6. The highest BCUT2D eigenvalue weighted by Crippen LogP contribution is 2.62. The van der Waals surface area contributed by atoms with E-state index in [0.717, 1.165) is 0 Å². The molecule has 314 valence electrons. The van der Waals surface area contributed by atoms with E-state index >= 15 is 0 Å². The number of hydrogen-bond donors (Lipinski definition) is 0. The molecule has 0 radical (unpaired) electrons. The lowest BCUT2D eigenvalue weighted by molar-refractivity contribution is 0.597. The molecule has 4 aliphatic heterocycles. The highest BCUT2D eigenvalue weighted by molar-refractivity contribution is 5.96. The summed E-state index contributed by atoms with van der Waals surface area (Å²) >= 11 is 0. The van der Waals surface area contributed by atoms with Crippen LogP contribution in [0.5, 0.6) is 0 Å². The van der Waals surface area contributed by atoms with Crippen LogP contribution in [-0.2, 0) is 21.7 Å². The molecule has 12 rings (SSSR count). The zero-order chi connectivity index (χ0) is 44.2. The molecular weight excluding hydrogens is 773 g/mol. The zero-order valence-electron chi connectivity index (χ0n) is 38.9. The van der Waals surface area contributed by atoms with E-state index < -0.39 is 0 Å². The van der Waals surface area contributed by atoms with Gasteiger partial charge in [-0.15, -0.1) is 0 Å². The van der Waals surface area contributed by atoms with Crippen molar-refractivity contribution in [3.63, 3.8) is 0 Å². The minimum absolute atomic E-state index is 0.166. The maximum atomic E-state index is 2.55. The SMILES string of the molecule is Cc1cc(-c2cc3c4c(c2)C(C)(C)c2ccccc2N4c2ccccc2C3(C)C)cc(C)c1-c1ccc(-c2cc3c4c(c2)C(C)(C)c2ccccc2N4c2ccccc2C3(C)C)cc1. The van der Waals surface area contributed by atoms with Crippen molar-refractivity contribution in [2.75, 3.05) is 9.80 Å². The summed E-state index contributed by atoms with van der Waals surface area (Å²) in [6.07, 6.45) is 0. The summed E-state index contributed by atoms with van der Waals surface area (Å²) in [4.78, 5) is 5.09. The Bertz CT molecular complexity index is 3120. The van der Waals surface area contributed by atoms with Gasteiger partial charge in [-0.2, -0.15) is 0 Å². The molecule has 0 saturated carbocycles. The molecule has 0 N–H and O–H groups in total. The zero-order valence-corrected chi connectivity index (χ0v) is 38.9. The van der Waals surface area contributed by atoms with Crippen LogP contribution in [-0.4, -0.2) is 0 Å². The Morgan fingerprint density at radius 3 is 0.875 bits per heavy atom. The monoisotopic (exact) mass is 828 g/mol. The summed E-state index contributed by atoms with van der Waals surface area (Å²) in [5.74, 6) is 0. The largest absolute Gasteiger partial charge is 0.309 e. The Morgan fingerprint density at radius 2 is 0.547 bits per heavy atom. The van der Waals surface area contributed by atoms with Gasteiger partial charge in [-0.05, 0) is 151 Å². The predicted molar refractivity (Wildman–Crippen MR) is 270 cm³/mol. The van der Waals surface area contributed by atoms with Gasteiger partial charge in [0.2, 0.25) is 0 Å². The third-order valence-corrected chi connectivity index (χ3v) is 16.0. The fourth-order valence-electron chi connectivity index (χ4n) is 12.5. The second kappa shape index (κ2) is 13.0. The Kier molecular flexibility index (Phi) is 7.91. The second-order valence-corrected chi connectivity index (χ2v) is 21.1. The lowest BCUT2D eigenvalue weighted by atomic mass is 9.65. The number of nitrogens with zero attached hydrogens (tertiary/aromatic N) is 2. The molecule has 0 fully saturated rings. The molecular formula is C62H56N2. The summed E-state index contributed by atoms with van der Waals surface area (Å²) in [6.45, 7) is 23.9. The van der Waals surface area contributed by atoms with Crippen LogP contribution in [0.1, 0.15) is 111 Å². The summed E-state index contributed by atoms with van der Waals surface area (Å²) in [6, 6.07) is 60.3. The number of rotatable bonds is 3. The Morgan fingerprint density at radius 1 is 0.281 bits per heavy atom. The predicted octanol–water partition coefficient (Wildman–Crippen LogP) is 16.8. The highest BCUT2D eigenvalue weighted by Gasteiger charge is 2.47. The average molecular weight is 829 g/mol. The van der Waals surface area contributed by atoms with Gasteiger partial charge in [0.05, 0.1) is 34.1 Å². The van der Waals surface area contributed by atoms with Crippen LogP contribution in [0.3, 0.4) is 0 Å². The molecule has 0 atom stereocenters. The molecule has 0 amide bonds. The molecule has 2 nitrogen and oxygen atoms in total. The molecule has 4 aliphatic rings. The minimum atomic E-state index is -0.170. The lowest BCUT2D eigenvalue weighted by Crippen LogP contribution is -2.38. The lowest BCUT2D eigenvalue weighted by Gasteiger charge is -2.49. The van der Waals surface area contributed by atoms with E-state index in [9.17, 15) is 0 Å². The summed E-state index contributed by atoms with van der Waals surface area (Å²) in [5.41, 5.74) is 28.4. The van der Waals surface area contributed by atoms with Gasteiger partial charge >= 0.3 is 0 Å². The van der Waals surface area contributed by atoms with Crippen molar-refractivity contribution in [2.24, 2.45) is 0 Å². The van der Waals surface area contributed by atoms with Crippen LogP contribution in [0.4, 0.5) is 34.1 Å². The van der Waals surface area contributed by atoms with Crippen molar-refractivity contribution >= 4 is 34.1 Å². The van der Waals surface area contributed by atoms with Crippen LogP contribution in [0.15, 0.2) is 158 Å². The normalized spacial score (nSPS) is 17.0. The van der Waals surface area contributed by atoms with Crippen LogP contribution >= 0.6 is 0 Å². The van der Waals surface area contributed by atoms with E-state index in [1.54, 1.807) is 0 Å². The van der Waals surface area contributed by atoms with Crippen LogP contribution in [0.2, 0.25) is 0 Å². The standard InChI is InChI=1S/C62H56N2/c1-37-31-41(43-35-50-58-51(36-43)62(9,10)47-22-14-18-26-55(47)64(58)54-25-17-13-21-46(54)61(50,7)8)32-38(2)56(37)40-29-27-39(28-30-40)42-33-48-57-49(34-42)60(5,6)45-20-12-16-24-53(45)63(57)52-23-15-11-19-44(52)59(48,3)4/h11-36H,1-10H3. The molecule has 8 aromatic rings. The third-order valence-electron chi connectivity index (χ3n) is 16.0. The van der Waals surface area contributed by atoms with Crippen molar-refractivity contribution < 1.29 is 0 Å².